The van der Waals surface area contributed by atoms with Crippen LogP contribution in [0.2, 0.25) is 0 Å². The third-order valence-electron chi connectivity index (χ3n) is 7.08. The van der Waals surface area contributed by atoms with Crippen LogP contribution in [-0.4, -0.2) is 63.4 Å². The Kier molecular flexibility index (Phi) is 6.88. The van der Waals surface area contributed by atoms with E-state index in [-0.39, 0.29) is 30.4 Å². The Morgan fingerprint density at radius 3 is 2.53 bits per heavy atom. The number of hydrazine groups is 1. The van der Waals surface area contributed by atoms with Crippen molar-refractivity contribution < 1.29 is 28.3 Å². The van der Waals surface area contributed by atoms with Crippen molar-refractivity contribution >= 4 is 17.6 Å². The van der Waals surface area contributed by atoms with Crippen molar-refractivity contribution in [1.29, 1.82) is 0 Å². The second-order valence-electron chi connectivity index (χ2n) is 9.31. The Labute approximate surface area is 197 Å². The Morgan fingerprint density at radius 2 is 1.88 bits per heavy atom. The van der Waals surface area contributed by atoms with Crippen LogP contribution < -0.4 is 5.32 Å². The van der Waals surface area contributed by atoms with E-state index >= 15 is 0 Å². The molecular weight excluding hydrogens is 446 g/mol. The molecule has 0 aromatic heterocycles. The van der Waals surface area contributed by atoms with E-state index < -0.39 is 40.9 Å². The normalized spacial score (nSPS) is 26.1. The Balaban J connectivity index is 1.57. The second-order valence-corrected chi connectivity index (χ2v) is 9.31. The number of Topliss-reactive ketones (excluding diaryl/α,β-unsaturated/α-hetero) is 1. The maximum atomic E-state index is 13.9. The maximum absolute atomic E-state index is 13.9. The van der Waals surface area contributed by atoms with Gasteiger partial charge in [0.1, 0.15) is 17.6 Å². The molecule has 1 aromatic rings. The van der Waals surface area contributed by atoms with Crippen molar-refractivity contribution in [2.24, 2.45) is 11.8 Å². The van der Waals surface area contributed by atoms with E-state index in [0.717, 1.165) is 37.8 Å². The molecule has 1 aromatic carbocycles. The zero-order valence-corrected chi connectivity index (χ0v) is 19.4. The number of allylic oxidation sites excluding steroid dienone is 1. The Morgan fingerprint density at radius 1 is 1.18 bits per heavy atom. The number of amides is 2. The van der Waals surface area contributed by atoms with Crippen molar-refractivity contribution in [3.05, 3.63) is 46.9 Å². The van der Waals surface area contributed by atoms with Crippen LogP contribution in [0.5, 0.6) is 0 Å². The zero-order chi connectivity index (χ0) is 24.6. The van der Waals surface area contributed by atoms with E-state index in [1.54, 1.807) is 9.91 Å². The lowest BCUT2D eigenvalue weighted by Crippen LogP contribution is -2.65. The quantitative estimate of drug-likeness (QED) is 0.635. The van der Waals surface area contributed by atoms with Gasteiger partial charge in [-0.05, 0) is 44.6 Å². The molecule has 34 heavy (non-hydrogen) atoms. The molecule has 184 valence electrons. The minimum absolute atomic E-state index is 0.0724. The highest BCUT2D eigenvalue weighted by molar-refractivity contribution is 6.13. The molecular formula is C24H30F2N4O4. The van der Waals surface area contributed by atoms with E-state index in [9.17, 15) is 28.3 Å². The van der Waals surface area contributed by atoms with Gasteiger partial charge in [0.2, 0.25) is 11.7 Å². The number of hydrogen-bond donors (Lipinski definition) is 2. The van der Waals surface area contributed by atoms with Gasteiger partial charge in [-0.25, -0.2) is 8.78 Å². The molecule has 2 heterocycles. The third kappa shape index (κ3) is 4.51. The lowest BCUT2D eigenvalue weighted by atomic mass is 9.86. The molecule has 1 aliphatic carbocycles. The number of aliphatic hydroxyl groups is 1. The first-order chi connectivity index (χ1) is 16.2. The van der Waals surface area contributed by atoms with Gasteiger partial charge in [-0.1, -0.05) is 13.0 Å². The Hall–Kier alpha value is -3.01. The summed E-state index contributed by atoms with van der Waals surface area (Å²) >= 11 is 0. The van der Waals surface area contributed by atoms with Gasteiger partial charge in [0.15, 0.2) is 11.5 Å². The van der Waals surface area contributed by atoms with E-state index in [2.05, 4.69) is 12.2 Å². The molecule has 2 fully saturated rings. The van der Waals surface area contributed by atoms with Crippen LogP contribution in [0.4, 0.5) is 8.78 Å². The van der Waals surface area contributed by atoms with E-state index in [4.69, 9.17) is 0 Å². The number of hydrogen-bond acceptors (Lipinski definition) is 6. The molecule has 3 aliphatic rings. The monoisotopic (exact) mass is 476 g/mol. The topological polar surface area (TPSA) is 93.2 Å². The number of halogens is 2. The summed E-state index contributed by atoms with van der Waals surface area (Å²) in [4.78, 5) is 40.4. The number of aliphatic hydroxyl groups excluding tert-OH is 1. The number of carbonyl (C=O) groups excluding carboxylic acids is 3. The molecule has 1 atom stereocenters. The third-order valence-corrected chi connectivity index (χ3v) is 7.08. The molecule has 0 spiro atoms. The molecule has 4 rings (SSSR count). The first-order valence-corrected chi connectivity index (χ1v) is 11.7. The first kappa shape index (κ1) is 24.1. The average Bonchev–Trinajstić information content (AvgIpc) is 2.81. The van der Waals surface area contributed by atoms with Crippen LogP contribution in [0.3, 0.4) is 0 Å². The predicted molar refractivity (Wildman–Crippen MR) is 119 cm³/mol. The molecule has 0 bridgehead atoms. The highest BCUT2D eigenvalue weighted by Gasteiger charge is 2.48. The lowest BCUT2D eigenvalue weighted by molar-refractivity contribution is -0.168. The fourth-order valence-electron chi connectivity index (χ4n) is 4.93. The zero-order valence-electron chi connectivity index (χ0n) is 19.4. The second kappa shape index (κ2) is 9.69. The summed E-state index contributed by atoms with van der Waals surface area (Å²) in [6, 6.07) is 3.14. The van der Waals surface area contributed by atoms with Crippen LogP contribution in [0.1, 0.15) is 45.1 Å². The molecule has 1 saturated heterocycles. The van der Waals surface area contributed by atoms with Crippen LogP contribution in [0.25, 0.3) is 0 Å². The summed E-state index contributed by atoms with van der Waals surface area (Å²) in [7, 11) is 0. The van der Waals surface area contributed by atoms with Gasteiger partial charge in [-0.2, -0.15) is 5.01 Å². The number of fused-ring (bicyclic) bond motifs is 1. The molecule has 0 radical (unpaired) electrons. The van der Waals surface area contributed by atoms with Crippen molar-refractivity contribution in [2.75, 3.05) is 19.8 Å². The smallest absolute Gasteiger partial charge is 0.276 e. The minimum atomic E-state index is -1.27. The first-order valence-electron chi connectivity index (χ1n) is 11.7. The summed E-state index contributed by atoms with van der Waals surface area (Å²) in [5.41, 5.74) is -0.0199. The number of benzene rings is 1. The lowest BCUT2D eigenvalue weighted by Gasteiger charge is -2.51. The number of likely N-dealkylation sites (N-methyl/N-ethyl adjacent to an activating group) is 1. The van der Waals surface area contributed by atoms with E-state index in [0.29, 0.717) is 19.1 Å². The summed E-state index contributed by atoms with van der Waals surface area (Å²) in [6.45, 7) is 4.44. The minimum Gasteiger partial charge on any atom is -0.503 e. The van der Waals surface area contributed by atoms with Gasteiger partial charge in [0.25, 0.3) is 5.91 Å². The van der Waals surface area contributed by atoms with Gasteiger partial charge < -0.3 is 15.3 Å². The number of rotatable bonds is 5. The van der Waals surface area contributed by atoms with Crippen LogP contribution in [0.15, 0.2) is 29.7 Å². The number of ketones is 1. The van der Waals surface area contributed by atoms with Crippen molar-refractivity contribution in [3.63, 3.8) is 0 Å². The molecule has 1 unspecified atom stereocenters. The van der Waals surface area contributed by atoms with E-state index in [1.807, 2.05) is 11.9 Å². The molecule has 8 nitrogen and oxygen atoms in total. The Bertz CT molecular complexity index is 1020. The SMILES string of the molecule is CCN1CN(C2CCC(C)CC2)N2CC(C(=O)NCc3ccc(F)cc3F)C(=O)C(O)=C2C1=O. The number of nitrogens with one attached hydrogen (secondary N) is 1. The van der Waals surface area contributed by atoms with Crippen LogP contribution >= 0.6 is 0 Å². The fourth-order valence-corrected chi connectivity index (χ4v) is 4.93. The number of nitrogens with zero attached hydrogens (tertiary/aromatic N) is 3. The van der Waals surface area contributed by atoms with Crippen LogP contribution in [0, 0.1) is 23.5 Å². The fraction of sp³-hybridized carbons (Fsp3) is 0.542. The van der Waals surface area contributed by atoms with Gasteiger partial charge in [0, 0.05) is 30.8 Å². The van der Waals surface area contributed by atoms with Gasteiger partial charge >= 0.3 is 0 Å². The summed E-state index contributed by atoms with van der Waals surface area (Å²) in [5.74, 6) is -4.89. The maximum Gasteiger partial charge on any atom is 0.276 e. The standard InChI is InChI=1S/C24H30F2N4O4/c1-3-28-13-30(17-8-4-14(2)5-9-17)29-12-18(21(31)22(32)20(29)24(28)34)23(33)27-11-15-6-7-16(25)10-19(15)26/h6-7,10,14,17-18,32H,3-5,8-9,11-13H2,1-2H3,(H,27,33). The van der Waals surface area contributed by atoms with Crippen LogP contribution in [-0.2, 0) is 20.9 Å². The molecule has 2 aliphatic heterocycles. The molecule has 2 amide bonds. The summed E-state index contributed by atoms with van der Waals surface area (Å²) in [5, 5.41) is 16.8. The van der Waals surface area contributed by atoms with E-state index in [1.165, 1.54) is 6.07 Å². The molecule has 10 heteroatoms. The predicted octanol–water partition coefficient (Wildman–Crippen LogP) is 2.47. The molecule has 2 N–H and O–H groups in total. The molecule has 1 saturated carbocycles. The van der Waals surface area contributed by atoms with Crippen molar-refractivity contribution in [3.8, 4) is 0 Å². The summed E-state index contributed by atoms with van der Waals surface area (Å²) in [6.07, 6.45) is 3.89. The van der Waals surface area contributed by atoms with Crippen molar-refractivity contribution in [2.45, 2.75) is 52.1 Å². The van der Waals surface area contributed by atoms with Crippen molar-refractivity contribution in [1.82, 2.24) is 20.2 Å². The average molecular weight is 477 g/mol. The van der Waals surface area contributed by atoms with Gasteiger partial charge in [-0.15, -0.1) is 0 Å². The highest BCUT2D eigenvalue weighted by atomic mass is 19.1. The highest BCUT2D eigenvalue weighted by Crippen LogP contribution is 2.35. The number of carbonyl (C=O) groups is 3. The van der Waals surface area contributed by atoms with Gasteiger partial charge in [0.05, 0.1) is 13.2 Å². The van der Waals surface area contributed by atoms with Gasteiger partial charge in [-0.3, -0.25) is 19.4 Å². The summed E-state index contributed by atoms with van der Waals surface area (Å²) < 4.78 is 27.1. The largest absolute Gasteiger partial charge is 0.503 e.